The molecule has 0 fully saturated rings. The Morgan fingerprint density at radius 3 is 1.70 bits per heavy atom. The van der Waals surface area contributed by atoms with Crippen LogP contribution in [0.4, 0.5) is 5.69 Å². The minimum absolute atomic E-state index is 0.0971. The maximum absolute atomic E-state index is 8.49. The van der Waals surface area contributed by atoms with Crippen LogP contribution in [0.3, 0.4) is 0 Å². The van der Waals surface area contributed by atoms with Crippen LogP contribution >= 0.6 is 0 Å². The molecule has 0 bridgehead atoms. The fourth-order valence-corrected chi connectivity index (χ4v) is 2.09. The first-order chi connectivity index (χ1) is 14.3. The Kier molecular flexibility index (Phi) is 11.4. The van der Waals surface area contributed by atoms with Gasteiger partial charge in [-0.05, 0) is 64.6 Å². The van der Waals surface area contributed by atoms with Crippen LogP contribution in [0.15, 0.2) is 53.7 Å². The lowest BCUT2D eigenvalue weighted by molar-refractivity contribution is 0.261. The van der Waals surface area contributed by atoms with Gasteiger partial charge in [0.25, 0.3) is 0 Å². The standard InChI is InChI=1S/C11H17N3O2.C11H14N2O/c1-14(2)7-8-16-10-5-3-9(4-6-10)11(12)13-15;1-12-10-4-6-11(7-5-10)14-9-8-13(2)3/h3-6,15H,7-8H2,1-2H3,(H2,12,13);4-7H,8-9H2,2-3H3. The van der Waals surface area contributed by atoms with Crippen LogP contribution in [0.2, 0.25) is 0 Å². The number of oxime groups is 1. The van der Waals surface area contributed by atoms with Crippen LogP contribution in [0.25, 0.3) is 4.85 Å². The van der Waals surface area contributed by atoms with Crippen LogP contribution in [-0.2, 0) is 0 Å². The molecule has 162 valence electrons. The monoisotopic (exact) mass is 413 g/mol. The fourth-order valence-electron chi connectivity index (χ4n) is 2.09. The third kappa shape index (κ3) is 10.3. The van der Waals surface area contributed by atoms with Crippen molar-refractivity contribution in [1.82, 2.24) is 9.80 Å². The van der Waals surface area contributed by atoms with Crippen molar-refractivity contribution in [3.05, 3.63) is 65.5 Å². The molecule has 0 aliphatic carbocycles. The van der Waals surface area contributed by atoms with Crippen molar-refractivity contribution in [2.24, 2.45) is 10.9 Å². The Morgan fingerprint density at radius 2 is 1.33 bits per heavy atom. The topological polar surface area (TPSA) is 87.9 Å². The number of likely N-dealkylation sites (N-methyl/N-ethyl adjacent to an activating group) is 2. The molecule has 0 atom stereocenters. The summed E-state index contributed by atoms with van der Waals surface area (Å²) in [6, 6.07) is 14.3. The lowest BCUT2D eigenvalue weighted by Gasteiger charge is -2.11. The molecule has 0 aromatic heterocycles. The summed E-state index contributed by atoms with van der Waals surface area (Å²) in [6.45, 7) is 9.85. The molecule has 3 N–H and O–H groups in total. The first-order valence-corrected chi connectivity index (χ1v) is 9.46. The molecule has 0 radical (unpaired) electrons. The minimum Gasteiger partial charge on any atom is -0.492 e. The van der Waals surface area contributed by atoms with Gasteiger partial charge in [0.1, 0.15) is 24.7 Å². The van der Waals surface area contributed by atoms with E-state index in [9.17, 15) is 0 Å². The number of benzene rings is 2. The third-order valence-corrected chi connectivity index (χ3v) is 3.84. The van der Waals surface area contributed by atoms with Gasteiger partial charge in [-0.25, -0.2) is 4.85 Å². The molecule has 2 rings (SSSR count). The van der Waals surface area contributed by atoms with E-state index in [0.29, 0.717) is 24.5 Å². The Morgan fingerprint density at radius 1 is 0.900 bits per heavy atom. The summed E-state index contributed by atoms with van der Waals surface area (Å²) >= 11 is 0. The minimum atomic E-state index is 0.0971. The van der Waals surface area contributed by atoms with Crippen molar-refractivity contribution in [2.45, 2.75) is 0 Å². The fraction of sp³-hybridized carbons (Fsp3) is 0.364. The molecule has 8 nitrogen and oxygen atoms in total. The van der Waals surface area contributed by atoms with Crippen molar-refractivity contribution < 1.29 is 14.7 Å². The second-order valence-corrected chi connectivity index (χ2v) is 6.92. The third-order valence-electron chi connectivity index (χ3n) is 3.84. The SMILES string of the molecule is CN(C)CCOc1ccc(/C(N)=N\O)cc1.[C-]#[N+]c1ccc(OCCN(C)C)cc1. The molecule has 0 saturated carbocycles. The number of hydrogen-bond acceptors (Lipinski definition) is 6. The predicted octanol–water partition coefficient (Wildman–Crippen LogP) is 2.90. The highest BCUT2D eigenvalue weighted by molar-refractivity contribution is 5.97. The van der Waals surface area contributed by atoms with E-state index in [1.807, 2.05) is 45.2 Å². The molecule has 0 amide bonds. The first-order valence-electron chi connectivity index (χ1n) is 9.46. The van der Waals surface area contributed by atoms with Gasteiger partial charge in [0.2, 0.25) is 0 Å². The largest absolute Gasteiger partial charge is 0.492 e. The molecular formula is C22H31N5O3. The van der Waals surface area contributed by atoms with Crippen LogP contribution in [0, 0.1) is 6.57 Å². The van der Waals surface area contributed by atoms with Gasteiger partial charge in [-0.3, -0.25) is 0 Å². The highest BCUT2D eigenvalue weighted by Crippen LogP contribution is 2.17. The van der Waals surface area contributed by atoms with Crippen LogP contribution in [-0.4, -0.2) is 75.3 Å². The zero-order valence-corrected chi connectivity index (χ0v) is 18.1. The zero-order chi connectivity index (χ0) is 22.4. The maximum atomic E-state index is 8.49. The summed E-state index contributed by atoms with van der Waals surface area (Å²) in [6.07, 6.45) is 0. The highest BCUT2D eigenvalue weighted by Gasteiger charge is 2.00. The quantitative estimate of drug-likeness (QED) is 0.216. The van der Waals surface area contributed by atoms with Gasteiger partial charge in [0.05, 0.1) is 6.57 Å². The molecule has 2 aromatic rings. The second-order valence-electron chi connectivity index (χ2n) is 6.92. The molecule has 0 heterocycles. The summed E-state index contributed by atoms with van der Waals surface area (Å²) in [5.41, 5.74) is 6.75. The molecule has 8 heteroatoms. The Labute approximate surface area is 178 Å². The van der Waals surface area contributed by atoms with Crippen LogP contribution < -0.4 is 15.2 Å². The van der Waals surface area contributed by atoms with E-state index in [0.717, 1.165) is 24.6 Å². The van der Waals surface area contributed by atoms with Crippen molar-refractivity contribution in [3.63, 3.8) is 0 Å². The van der Waals surface area contributed by atoms with E-state index >= 15 is 0 Å². The summed E-state index contributed by atoms with van der Waals surface area (Å²) in [4.78, 5) is 7.42. The summed E-state index contributed by atoms with van der Waals surface area (Å²) in [5.74, 6) is 1.69. The lowest BCUT2D eigenvalue weighted by Crippen LogP contribution is -2.19. The molecule has 30 heavy (non-hydrogen) atoms. The van der Waals surface area contributed by atoms with Crippen molar-refractivity contribution in [2.75, 3.05) is 54.5 Å². The van der Waals surface area contributed by atoms with Crippen LogP contribution in [0.5, 0.6) is 11.5 Å². The van der Waals surface area contributed by atoms with E-state index in [2.05, 4.69) is 14.9 Å². The number of hydrogen-bond donors (Lipinski definition) is 2. The van der Waals surface area contributed by atoms with E-state index in [1.54, 1.807) is 36.4 Å². The van der Waals surface area contributed by atoms with Gasteiger partial charge >= 0.3 is 0 Å². The number of ether oxygens (including phenoxy) is 2. The van der Waals surface area contributed by atoms with Crippen LogP contribution in [0.1, 0.15) is 5.56 Å². The number of nitrogens with zero attached hydrogens (tertiary/aromatic N) is 4. The normalized spacial score (nSPS) is 10.9. The van der Waals surface area contributed by atoms with Gasteiger partial charge in [0.15, 0.2) is 11.5 Å². The number of amidine groups is 1. The van der Waals surface area contributed by atoms with E-state index < -0.39 is 0 Å². The van der Waals surface area contributed by atoms with E-state index in [4.69, 9.17) is 27.0 Å². The summed E-state index contributed by atoms with van der Waals surface area (Å²) in [5, 5.41) is 11.4. The summed E-state index contributed by atoms with van der Waals surface area (Å²) in [7, 11) is 7.99. The molecule has 0 unspecified atom stereocenters. The van der Waals surface area contributed by atoms with Gasteiger partial charge in [-0.1, -0.05) is 17.3 Å². The number of nitrogens with two attached hydrogens (primary N) is 1. The summed E-state index contributed by atoms with van der Waals surface area (Å²) < 4.78 is 11.0. The van der Waals surface area contributed by atoms with Crippen molar-refractivity contribution in [1.29, 1.82) is 0 Å². The maximum Gasteiger partial charge on any atom is 0.187 e. The van der Waals surface area contributed by atoms with Crippen molar-refractivity contribution >= 4 is 11.5 Å². The predicted molar refractivity (Wildman–Crippen MR) is 120 cm³/mol. The molecule has 0 spiro atoms. The number of rotatable bonds is 9. The van der Waals surface area contributed by atoms with Crippen molar-refractivity contribution in [3.8, 4) is 11.5 Å². The first kappa shape index (κ1) is 24.8. The lowest BCUT2D eigenvalue weighted by atomic mass is 10.2. The molecular weight excluding hydrogens is 382 g/mol. The molecule has 2 aromatic carbocycles. The van der Waals surface area contributed by atoms with Gasteiger partial charge in [-0.2, -0.15) is 0 Å². The molecule has 0 saturated heterocycles. The Bertz CT molecular complexity index is 797. The average molecular weight is 414 g/mol. The van der Waals surface area contributed by atoms with Gasteiger partial charge < -0.3 is 30.2 Å². The van der Waals surface area contributed by atoms with E-state index in [-0.39, 0.29) is 5.84 Å². The van der Waals surface area contributed by atoms with Gasteiger partial charge in [-0.15, -0.1) is 0 Å². The Balaban J connectivity index is 0.000000303. The highest BCUT2D eigenvalue weighted by atomic mass is 16.5. The molecule has 0 aliphatic rings. The average Bonchev–Trinajstić information content (AvgIpc) is 2.74. The van der Waals surface area contributed by atoms with E-state index in [1.165, 1.54) is 0 Å². The second kappa shape index (κ2) is 13.8. The zero-order valence-electron chi connectivity index (χ0n) is 18.1. The molecule has 0 aliphatic heterocycles. The smallest absolute Gasteiger partial charge is 0.187 e. The Hall–Kier alpha value is -3.28. The van der Waals surface area contributed by atoms with Gasteiger partial charge in [0, 0.05) is 18.7 Å².